The number of carbonyl (C=O) groups is 1. The number of nitrogens with zero attached hydrogens (tertiary/aromatic N) is 3. The molecule has 0 saturated heterocycles. The van der Waals surface area contributed by atoms with Crippen molar-refractivity contribution in [2.45, 2.75) is 18.9 Å². The van der Waals surface area contributed by atoms with Gasteiger partial charge in [-0.3, -0.25) is 14.8 Å². The summed E-state index contributed by atoms with van der Waals surface area (Å²) in [6, 6.07) is 1.82. The fourth-order valence-corrected chi connectivity index (χ4v) is 2.44. The molecule has 2 aliphatic rings. The van der Waals surface area contributed by atoms with Gasteiger partial charge in [0.25, 0.3) is 5.91 Å². The second-order valence-corrected chi connectivity index (χ2v) is 4.35. The van der Waals surface area contributed by atoms with Crippen LogP contribution in [0.2, 0.25) is 0 Å². The number of aliphatic imine (C=N–C) groups is 1. The summed E-state index contributed by atoms with van der Waals surface area (Å²) in [7, 11) is 1.76. The van der Waals surface area contributed by atoms with Crippen molar-refractivity contribution in [3.63, 3.8) is 0 Å². The van der Waals surface area contributed by atoms with Gasteiger partial charge >= 0.3 is 0 Å². The zero-order valence-electron chi connectivity index (χ0n) is 9.80. The smallest absolute Gasteiger partial charge is 0.260 e. The number of likely N-dealkylation sites (N-methyl/N-ethyl adjacent to an activating group) is 1. The van der Waals surface area contributed by atoms with Crippen LogP contribution in [0.15, 0.2) is 23.5 Å². The number of hydrogen-bond donors (Lipinski definition) is 0. The van der Waals surface area contributed by atoms with Crippen LogP contribution in [0, 0.1) is 0 Å². The van der Waals surface area contributed by atoms with Crippen LogP contribution in [0.1, 0.15) is 18.9 Å². The molecule has 1 aromatic heterocycles. The van der Waals surface area contributed by atoms with Gasteiger partial charge in [0.2, 0.25) is 0 Å². The fourth-order valence-electron chi connectivity index (χ4n) is 2.44. The highest BCUT2D eigenvalue weighted by Crippen LogP contribution is 2.43. The Morgan fingerprint density at radius 2 is 2.35 bits per heavy atom. The fraction of sp³-hybridized carbons (Fsp3) is 0.417. The molecule has 0 radical (unpaired) electrons. The first-order valence-corrected chi connectivity index (χ1v) is 5.57. The summed E-state index contributed by atoms with van der Waals surface area (Å²) in [6.07, 6.45) is 3.91. The highest BCUT2D eigenvalue weighted by atomic mass is 16.5. The van der Waals surface area contributed by atoms with Crippen LogP contribution in [0.5, 0.6) is 5.75 Å². The third kappa shape index (κ3) is 1.22. The third-order valence-electron chi connectivity index (χ3n) is 3.45. The minimum Gasteiger partial charge on any atom is -0.491 e. The molecule has 5 nitrogen and oxygen atoms in total. The number of amidine groups is 1. The minimum absolute atomic E-state index is 0.0192. The molecule has 3 rings (SSSR count). The van der Waals surface area contributed by atoms with E-state index in [4.69, 9.17) is 4.74 Å². The van der Waals surface area contributed by atoms with Crippen LogP contribution in [-0.4, -0.2) is 35.3 Å². The lowest BCUT2D eigenvalue weighted by atomic mass is 9.85. The molecule has 1 unspecified atom stereocenters. The molecule has 2 aliphatic heterocycles. The Balaban J connectivity index is 2.21. The van der Waals surface area contributed by atoms with Crippen molar-refractivity contribution in [1.29, 1.82) is 0 Å². The van der Waals surface area contributed by atoms with Gasteiger partial charge < -0.3 is 9.64 Å². The van der Waals surface area contributed by atoms with Gasteiger partial charge in [-0.05, 0) is 13.0 Å². The summed E-state index contributed by atoms with van der Waals surface area (Å²) < 4.78 is 5.53. The van der Waals surface area contributed by atoms with Gasteiger partial charge in [0.15, 0.2) is 5.54 Å². The molecule has 1 spiro atoms. The number of carbonyl (C=O) groups excluding carboxylic acids is 1. The molecule has 3 heterocycles. The van der Waals surface area contributed by atoms with E-state index < -0.39 is 5.54 Å². The van der Waals surface area contributed by atoms with Crippen molar-refractivity contribution >= 4 is 11.7 Å². The highest BCUT2D eigenvalue weighted by Gasteiger charge is 2.50. The molecule has 1 atom stereocenters. The summed E-state index contributed by atoms with van der Waals surface area (Å²) in [6.45, 7) is 2.35. The molecular formula is C12H13N3O2. The topological polar surface area (TPSA) is 54.8 Å². The Hall–Kier alpha value is -1.91. The Bertz CT molecular complexity index is 526. The SMILES string of the molecule is CC1=NC2(CCOc3cnccc32)C(=O)N1C. The molecule has 0 fully saturated rings. The lowest BCUT2D eigenvalue weighted by Gasteiger charge is -2.31. The molecule has 0 N–H and O–H groups in total. The maximum atomic E-state index is 12.4. The Morgan fingerprint density at radius 1 is 1.53 bits per heavy atom. The summed E-state index contributed by atoms with van der Waals surface area (Å²) in [5.41, 5.74) is 0.0440. The summed E-state index contributed by atoms with van der Waals surface area (Å²) >= 11 is 0. The first-order valence-electron chi connectivity index (χ1n) is 5.57. The normalized spacial score (nSPS) is 26.8. The third-order valence-corrected chi connectivity index (χ3v) is 3.45. The van der Waals surface area contributed by atoms with Crippen LogP contribution in [0.25, 0.3) is 0 Å². The number of ether oxygens (including phenoxy) is 1. The molecule has 88 valence electrons. The van der Waals surface area contributed by atoms with Crippen molar-refractivity contribution in [3.8, 4) is 5.75 Å². The molecule has 1 amide bonds. The summed E-state index contributed by atoms with van der Waals surface area (Å²) in [5, 5.41) is 0. The molecule has 0 bridgehead atoms. The van der Waals surface area contributed by atoms with Crippen molar-refractivity contribution in [3.05, 3.63) is 24.0 Å². The predicted molar refractivity (Wildman–Crippen MR) is 61.9 cm³/mol. The van der Waals surface area contributed by atoms with E-state index in [2.05, 4.69) is 9.98 Å². The van der Waals surface area contributed by atoms with E-state index in [1.54, 1.807) is 24.3 Å². The van der Waals surface area contributed by atoms with Crippen molar-refractivity contribution in [2.75, 3.05) is 13.7 Å². The van der Waals surface area contributed by atoms with Crippen molar-refractivity contribution in [2.24, 2.45) is 4.99 Å². The van der Waals surface area contributed by atoms with Crippen LogP contribution in [0.3, 0.4) is 0 Å². The summed E-state index contributed by atoms with van der Waals surface area (Å²) in [5.74, 6) is 1.43. The van der Waals surface area contributed by atoms with Gasteiger partial charge in [0, 0.05) is 25.2 Å². The Kier molecular flexibility index (Phi) is 1.98. The predicted octanol–water partition coefficient (Wildman–Crippen LogP) is 0.950. The number of fused-ring (bicyclic) bond motifs is 2. The average molecular weight is 231 g/mol. The zero-order valence-corrected chi connectivity index (χ0v) is 9.80. The number of hydrogen-bond acceptors (Lipinski definition) is 4. The van der Waals surface area contributed by atoms with E-state index in [1.807, 2.05) is 13.0 Å². The number of pyridine rings is 1. The molecule has 1 aromatic rings. The van der Waals surface area contributed by atoms with E-state index in [0.29, 0.717) is 18.8 Å². The molecule has 0 aromatic carbocycles. The van der Waals surface area contributed by atoms with E-state index in [-0.39, 0.29) is 5.91 Å². The average Bonchev–Trinajstić information content (AvgIpc) is 2.56. The summed E-state index contributed by atoms with van der Waals surface area (Å²) in [4.78, 5) is 22.6. The van der Waals surface area contributed by atoms with E-state index in [0.717, 1.165) is 11.4 Å². The van der Waals surface area contributed by atoms with Gasteiger partial charge in [0.1, 0.15) is 11.6 Å². The second-order valence-electron chi connectivity index (χ2n) is 4.35. The van der Waals surface area contributed by atoms with E-state index >= 15 is 0 Å². The van der Waals surface area contributed by atoms with Crippen LogP contribution < -0.4 is 4.74 Å². The standard InChI is InChI=1S/C12H13N3O2/c1-8-14-12(11(16)15(8)2)4-6-17-10-7-13-5-3-9(10)12/h3,5,7H,4,6H2,1-2H3. The van der Waals surface area contributed by atoms with Gasteiger partial charge in [-0.1, -0.05) is 0 Å². The van der Waals surface area contributed by atoms with Gasteiger partial charge in [0.05, 0.1) is 12.8 Å². The Morgan fingerprint density at radius 3 is 3.06 bits per heavy atom. The van der Waals surface area contributed by atoms with Crippen LogP contribution >= 0.6 is 0 Å². The van der Waals surface area contributed by atoms with E-state index in [1.165, 1.54) is 0 Å². The Labute approximate surface area is 99.1 Å². The zero-order chi connectivity index (χ0) is 12.0. The molecule has 5 heteroatoms. The van der Waals surface area contributed by atoms with E-state index in [9.17, 15) is 4.79 Å². The quantitative estimate of drug-likeness (QED) is 0.668. The molecule has 0 saturated carbocycles. The number of rotatable bonds is 0. The maximum absolute atomic E-state index is 12.4. The minimum atomic E-state index is -0.782. The maximum Gasteiger partial charge on any atom is 0.260 e. The van der Waals surface area contributed by atoms with Crippen molar-refractivity contribution < 1.29 is 9.53 Å². The van der Waals surface area contributed by atoms with Gasteiger partial charge in [-0.25, -0.2) is 0 Å². The first kappa shape index (κ1) is 10.3. The van der Waals surface area contributed by atoms with Crippen LogP contribution in [-0.2, 0) is 10.3 Å². The van der Waals surface area contributed by atoms with Gasteiger partial charge in [-0.15, -0.1) is 0 Å². The molecule has 0 aliphatic carbocycles. The lowest BCUT2D eigenvalue weighted by molar-refractivity contribution is -0.131. The van der Waals surface area contributed by atoms with Crippen LogP contribution in [0.4, 0.5) is 0 Å². The monoisotopic (exact) mass is 231 g/mol. The van der Waals surface area contributed by atoms with Crippen molar-refractivity contribution in [1.82, 2.24) is 9.88 Å². The largest absolute Gasteiger partial charge is 0.491 e. The second kappa shape index (κ2) is 3.29. The van der Waals surface area contributed by atoms with Gasteiger partial charge in [-0.2, -0.15) is 0 Å². The number of amides is 1. The molecular weight excluding hydrogens is 218 g/mol. The molecule has 17 heavy (non-hydrogen) atoms. The highest BCUT2D eigenvalue weighted by molar-refractivity contribution is 6.07. The lowest BCUT2D eigenvalue weighted by Crippen LogP contribution is -2.41. The first-order chi connectivity index (χ1) is 8.15. The number of aromatic nitrogens is 1.